The summed E-state index contributed by atoms with van der Waals surface area (Å²) in [5.74, 6) is -2.84. The molecule has 1 aliphatic rings. The molecule has 2 amide bonds. The number of tetrazole rings is 1. The highest BCUT2D eigenvalue weighted by Crippen LogP contribution is 2.30. The average molecular weight is 596 g/mol. The molecule has 1 saturated heterocycles. The second-order valence-corrected chi connectivity index (χ2v) is 10.1. The molecular weight excluding hydrogens is 569 g/mol. The summed E-state index contributed by atoms with van der Waals surface area (Å²) in [6, 6.07) is 18.3. The van der Waals surface area contributed by atoms with Crippen LogP contribution in [-0.4, -0.2) is 91.8 Å². The minimum Gasteiger partial charge on any atom is -0.465 e. The Hall–Kier alpha value is -5.72. The van der Waals surface area contributed by atoms with E-state index in [0.29, 0.717) is 22.3 Å². The molecule has 13 heteroatoms. The number of ether oxygens (including phenoxy) is 1. The number of methoxy groups -OCH3 is 1. The van der Waals surface area contributed by atoms with Crippen molar-refractivity contribution in [3.05, 3.63) is 101 Å². The highest BCUT2D eigenvalue weighted by Gasteiger charge is 2.31. The van der Waals surface area contributed by atoms with Crippen molar-refractivity contribution in [3.63, 3.8) is 0 Å². The van der Waals surface area contributed by atoms with Gasteiger partial charge in [0.2, 0.25) is 5.82 Å². The van der Waals surface area contributed by atoms with Crippen LogP contribution in [0, 0.1) is 5.82 Å². The van der Waals surface area contributed by atoms with Crippen molar-refractivity contribution in [1.82, 2.24) is 35.0 Å². The standard InChI is InChI=1S/C31H26FN7O5/c1-44-31(43)21-10-6-5-9-20(21)18-39-35-28(34-36-39)22-11-12-24(32)25-23(17-33-26(22)25)27(40)30(42)38-15-13-37(14-16-38)29(41)19-7-3-2-4-8-19/h2-12,17,33H,13-16,18H2,1H3. The summed E-state index contributed by atoms with van der Waals surface area (Å²) >= 11 is 0. The lowest BCUT2D eigenvalue weighted by Crippen LogP contribution is -2.52. The third kappa shape index (κ3) is 5.30. The first-order chi connectivity index (χ1) is 21.4. The highest BCUT2D eigenvalue weighted by atomic mass is 19.1. The quantitative estimate of drug-likeness (QED) is 0.172. The number of nitrogens with zero attached hydrogens (tertiary/aromatic N) is 6. The van der Waals surface area contributed by atoms with Gasteiger partial charge in [-0.25, -0.2) is 9.18 Å². The van der Waals surface area contributed by atoms with Gasteiger partial charge in [-0.05, 0) is 41.1 Å². The molecule has 1 fully saturated rings. The first kappa shape index (κ1) is 28.4. The number of hydrogen-bond acceptors (Lipinski definition) is 8. The third-order valence-corrected chi connectivity index (χ3v) is 7.53. The molecule has 3 aromatic carbocycles. The molecule has 1 N–H and O–H groups in total. The van der Waals surface area contributed by atoms with Crippen molar-refractivity contribution in [3.8, 4) is 11.4 Å². The van der Waals surface area contributed by atoms with E-state index in [-0.39, 0.29) is 60.9 Å². The fourth-order valence-electron chi connectivity index (χ4n) is 5.24. The van der Waals surface area contributed by atoms with E-state index in [9.17, 15) is 19.2 Å². The predicted octanol–water partition coefficient (Wildman–Crippen LogP) is 2.96. The van der Waals surface area contributed by atoms with Crippen molar-refractivity contribution in [1.29, 1.82) is 0 Å². The van der Waals surface area contributed by atoms with Gasteiger partial charge in [-0.1, -0.05) is 36.4 Å². The van der Waals surface area contributed by atoms with Crippen molar-refractivity contribution in [2.75, 3.05) is 33.3 Å². The van der Waals surface area contributed by atoms with Crippen LogP contribution in [0.4, 0.5) is 4.39 Å². The van der Waals surface area contributed by atoms with Crippen molar-refractivity contribution < 1.29 is 28.3 Å². The maximum Gasteiger partial charge on any atom is 0.338 e. The van der Waals surface area contributed by atoms with E-state index < -0.39 is 23.5 Å². The molecule has 0 radical (unpaired) electrons. The van der Waals surface area contributed by atoms with Crippen molar-refractivity contribution >= 4 is 34.5 Å². The summed E-state index contributed by atoms with van der Waals surface area (Å²) in [6.07, 6.45) is 1.30. The smallest absolute Gasteiger partial charge is 0.338 e. The van der Waals surface area contributed by atoms with E-state index in [0.717, 1.165) is 0 Å². The van der Waals surface area contributed by atoms with Crippen LogP contribution >= 0.6 is 0 Å². The summed E-state index contributed by atoms with van der Waals surface area (Å²) in [7, 11) is 1.29. The lowest BCUT2D eigenvalue weighted by molar-refractivity contribution is -0.127. The predicted molar refractivity (Wildman–Crippen MR) is 155 cm³/mol. The van der Waals surface area contributed by atoms with Crippen LogP contribution in [0.2, 0.25) is 0 Å². The van der Waals surface area contributed by atoms with Crippen molar-refractivity contribution in [2.45, 2.75) is 6.54 Å². The average Bonchev–Trinajstić information content (AvgIpc) is 3.73. The number of aromatic nitrogens is 5. The minimum absolute atomic E-state index is 0.0638. The van der Waals surface area contributed by atoms with Gasteiger partial charge in [-0.15, -0.1) is 10.2 Å². The number of amides is 2. The van der Waals surface area contributed by atoms with Crippen LogP contribution in [0.1, 0.15) is 36.6 Å². The Labute approximate surface area is 250 Å². The number of nitrogens with one attached hydrogen (secondary N) is 1. The molecule has 0 unspecified atom stereocenters. The zero-order chi connectivity index (χ0) is 30.8. The number of piperazine rings is 1. The number of aromatic amines is 1. The molecule has 0 saturated carbocycles. The maximum absolute atomic E-state index is 15.1. The van der Waals surface area contributed by atoms with Crippen LogP contribution in [0.25, 0.3) is 22.3 Å². The van der Waals surface area contributed by atoms with E-state index in [1.54, 1.807) is 53.4 Å². The zero-order valence-corrected chi connectivity index (χ0v) is 23.6. The van der Waals surface area contributed by atoms with Crippen LogP contribution in [-0.2, 0) is 16.1 Å². The molecule has 1 aliphatic heterocycles. The van der Waals surface area contributed by atoms with Crippen LogP contribution in [0.3, 0.4) is 0 Å². The minimum atomic E-state index is -0.869. The fourth-order valence-corrected chi connectivity index (χ4v) is 5.24. The van der Waals surface area contributed by atoms with Crippen LogP contribution < -0.4 is 0 Å². The lowest BCUT2D eigenvalue weighted by Gasteiger charge is -2.34. The number of carbonyl (C=O) groups excluding carboxylic acids is 4. The Bertz CT molecular complexity index is 1890. The van der Waals surface area contributed by atoms with Crippen LogP contribution in [0.15, 0.2) is 72.9 Å². The van der Waals surface area contributed by atoms with E-state index in [1.165, 1.54) is 35.1 Å². The van der Waals surface area contributed by atoms with Gasteiger partial charge in [0, 0.05) is 48.9 Å². The van der Waals surface area contributed by atoms with E-state index in [1.807, 2.05) is 6.07 Å². The van der Waals surface area contributed by atoms with Gasteiger partial charge in [-0.2, -0.15) is 4.80 Å². The Morgan fingerprint density at radius 3 is 2.34 bits per heavy atom. The molecule has 0 bridgehead atoms. The number of fused-ring (bicyclic) bond motifs is 1. The Kier molecular flexibility index (Phi) is 7.67. The normalized spacial score (nSPS) is 13.2. The van der Waals surface area contributed by atoms with Gasteiger partial charge in [0.15, 0.2) is 0 Å². The summed E-state index contributed by atoms with van der Waals surface area (Å²) in [6.45, 7) is 1.00. The third-order valence-electron chi connectivity index (χ3n) is 7.53. The molecule has 3 heterocycles. The van der Waals surface area contributed by atoms with E-state index in [4.69, 9.17) is 4.74 Å². The number of halogens is 1. The lowest BCUT2D eigenvalue weighted by atomic mass is 10.0. The van der Waals surface area contributed by atoms with Crippen molar-refractivity contribution in [2.24, 2.45) is 0 Å². The number of carbonyl (C=O) groups is 4. The molecule has 6 rings (SSSR count). The largest absolute Gasteiger partial charge is 0.465 e. The molecule has 0 aliphatic carbocycles. The van der Waals surface area contributed by atoms with Gasteiger partial charge in [0.05, 0.1) is 30.3 Å². The van der Waals surface area contributed by atoms with Gasteiger partial charge >= 0.3 is 5.97 Å². The molecule has 0 atom stereocenters. The van der Waals surface area contributed by atoms with E-state index >= 15 is 4.39 Å². The highest BCUT2D eigenvalue weighted by molar-refractivity contribution is 6.45. The number of ketones is 1. The molecule has 12 nitrogen and oxygen atoms in total. The fraction of sp³-hybridized carbons (Fsp3) is 0.194. The number of esters is 1. The summed E-state index contributed by atoms with van der Waals surface area (Å²) < 4.78 is 20.0. The Balaban J connectivity index is 1.20. The monoisotopic (exact) mass is 595 g/mol. The molecule has 5 aromatic rings. The summed E-state index contributed by atoms with van der Waals surface area (Å²) in [5, 5.41) is 12.5. The number of benzene rings is 3. The first-order valence-electron chi connectivity index (χ1n) is 13.8. The SMILES string of the molecule is COC(=O)c1ccccc1Cn1nnc(-c2ccc(F)c3c(C(=O)C(=O)N4CCN(C(=O)c5ccccc5)CC4)c[nH]c23)n1. The molecule has 0 spiro atoms. The number of H-pyrrole nitrogens is 1. The number of rotatable bonds is 7. The molecule has 44 heavy (non-hydrogen) atoms. The molecule has 222 valence electrons. The molecular formula is C31H26FN7O5. The zero-order valence-electron chi connectivity index (χ0n) is 23.6. The van der Waals surface area contributed by atoms with Gasteiger partial charge in [-0.3, -0.25) is 14.4 Å². The Morgan fingerprint density at radius 1 is 0.886 bits per heavy atom. The first-order valence-corrected chi connectivity index (χ1v) is 13.8. The number of hydrogen-bond donors (Lipinski definition) is 1. The van der Waals surface area contributed by atoms with Gasteiger partial charge in [0.25, 0.3) is 17.6 Å². The number of Topliss-reactive ketones (excluding diaryl/α,β-unsaturated/α-hetero) is 1. The summed E-state index contributed by atoms with van der Waals surface area (Å²) in [4.78, 5) is 58.6. The van der Waals surface area contributed by atoms with E-state index in [2.05, 4.69) is 20.4 Å². The van der Waals surface area contributed by atoms with Gasteiger partial charge in [0.1, 0.15) is 5.82 Å². The maximum atomic E-state index is 15.1. The Morgan fingerprint density at radius 2 is 1.59 bits per heavy atom. The second kappa shape index (κ2) is 11.9. The van der Waals surface area contributed by atoms with Crippen LogP contribution in [0.5, 0.6) is 0 Å². The topological polar surface area (TPSA) is 143 Å². The summed E-state index contributed by atoms with van der Waals surface area (Å²) in [5.41, 5.74) is 2.01. The van der Waals surface area contributed by atoms with Gasteiger partial charge < -0.3 is 19.5 Å². The molecule has 2 aromatic heterocycles. The second-order valence-electron chi connectivity index (χ2n) is 10.1.